The highest BCUT2D eigenvalue weighted by Gasteiger charge is 2.26. The second-order valence-corrected chi connectivity index (χ2v) is 6.10. The van der Waals surface area contributed by atoms with Crippen molar-refractivity contribution in [1.82, 2.24) is 4.90 Å². The van der Waals surface area contributed by atoms with Crippen molar-refractivity contribution in [1.29, 1.82) is 0 Å². The van der Waals surface area contributed by atoms with Gasteiger partial charge in [0.1, 0.15) is 0 Å². The summed E-state index contributed by atoms with van der Waals surface area (Å²) in [6.45, 7) is 11.9. The minimum atomic E-state index is 0.383. The van der Waals surface area contributed by atoms with Gasteiger partial charge in [-0.05, 0) is 52.6 Å². The Balaban J connectivity index is 2.18. The Morgan fingerprint density at radius 3 is 2.13 bits per heavy atom. The molecule has 0 radical (unpaired) electrons. The molecule has 0 N–H and O–H groups in total. The molecular weight excluding hydrogens is 182 g/mol. The molecule has 0 aliphatic carbocycles. The number of rotatable bonds is 4. The number of piperidine rings is 1. The summed E-state index contributed by atoms with van der Waals surface area (Å²) < 4.78 is 0. The van der Waals surface area contributed by atoms with Gasteiger partial charge in [-0.15, -0.1) is 0 Å². The van der Waals surface area contributed by atoms with Crippen LogP contribution >= 0.6 is 0 Å². The fourth-order valence-electron chi connectivity index (χ4n) is 2.58. The molecule has 0 saturated carbocycles. The normalized spacial score (nSPS) is 20.8. The maximum Gasteiger partial charge on any atom is 0.0125 e. The highest BCUT2D eigenvalue weighted by Crippen LogP contribution is 2.26. The molecule has 0 atom stereocenters. The third kappa shape index (κ3) is 4.55. The van der Waals surface area contributed by atoms with Crippen LogP contribution in [0.25, 0.3) is 0 Å². The molecule has 0 aromatic carbocycles. The maximum atomic E-state index is 2.64. The van der Waals surface area contributed by atoms with Gasteiger partial charge in [-0.25, -0.2) is 0 Å². The van der Waals surface area contributed by atoms with E-state index in [1.165, 1.54) is 51.6 Å². The van der Waals surface area contributed by atoms with Gasteiger partial charge in [0.25, 0.3) is 0 Å². The molecule has 0 unspecified atom stereocenters. The van der Waals surface area contributed by atoms with E-state index in [9.17, 15) is 0 Å². The first-order valence-electron chi connectivity index (χ1n) is 6.79. The van der Waals surface area contributed by atoms with Crippen molar-refractivity contribution in [2.75, 3.05) is 13.1 Å². The Hall–Kier alpha value is -0.0400. The smallest absolute Gasteiger partial charge is 0.0125 e. The Morgan fingerprint density at radius 2 is 1.67 bits per heavy atom. The highest BCUT2D eigenvalue weighted by atomic mass is 15.2. The van der Waals surface area contributed by atoms with Gasteiger partial charge >= 0.3 is 0 Å². The van der Waals surface area contributed by atoms with E-state index in [0.29, 0.717) is 5.54 Å². The lowest BCUT2D eigenvalue weighted by molar-refractivity contribution is 0.0847. The molecular formula is C14H29N. The molecule has 15 heavy (non-hydrogen) atoms. The summed E-state index contributed by atoms with van der Waals surface area (Å²) in [6.07, 6.45) is 8.59. The van der Waals surface area contributed by atoms with Gasteiger partial charge in [-0.3, -0.25) is 4.90 Å². The largest absolute Gasteiger partial charge is 0.298 e. The van der Waals surface area contributed by atoms with Crippen LogP contribution in [0.5, 0.6) is 0 Å². The van der Waals surface area contributed by atoms with Gasteiger partial charge in [0.05, 0.1) is 0 Å². The Labute approximate surface area is 96.2 Å². The molecule has 1 fully saturated rings. The van der Waals surface area contributed by atoms with Gasteiger partial charge in [-0.1, -0.05) is 32.6 Å². The molecule has 0 bridgehead atoms. The van der Waals surface area contributed by atoms with E-state index in [2.05, 4.69) is 32.6 Å². The van der Waals surface area contributed by atoms with Crippen molar-refractivity contribution < 1.29 is 0 Å². The highest BCUT2D eigenvalue weighted by molar-refractivity contribution is 4.81. The summed E-state index contributed by atoms with van der Waals surface area (Å²) in [5.74, 6) is 1.02. The molecule has 0 aromatic rings. The van der Waals surface area contributed by atoms with Crippen molar-refractivity contribution in [3.8, 4) is 0 Å². The second-order valence-electron chi connectivity index (χ2n) is 6.10. The lowest BCUT2D eigenvalue weighted by atomic mass is 9.89. The average molecular weight is 211 g/mol. The van der Waals surface area contributed by atoms with Crippen molar-refractivity contribution >= 4 is 0 Å². The van der Waals surface area contributed by atoms with Crippen molar-refractivity contribution in [3.63, 3.8) is 0 Å². The molecule has 0 amide bonds. The van der Waals surface area contributed by atoms with Gasteiger partial charge in [-0.2, -0.15) is 0 Å². The van der Waals surface area contributed by atoms with Crippen LogP contribution in [-0.2, 0) is 0 Å². The zero-order valence-electron chi connectivity index (χ0n) is 11.2. The molecule has 1 nitrogen and oxygen atoms in total. The van der Waals surface area contributed by atoms with Crippen molar-refractivity contribution in [2.45, 2.75) is 71.8 Å². The van der Waals surface area contributed by atoms with Gasteiger partial charge in [0, 0.05) is 5.54 Å². The van der Waals surface area contributed by atoms with Crippen LogP contribution in [0.15, 0.2) is 0 Å². The minimum Gasteiger partial charge on any atom is -0.298 e. The number of nitrogens with zero attached hydrogens (tertiary/aromatic N) is 1. The van der Waals surface area contributed by atoms with E-state index in [-0.39, 0.29) is 0 Å². The van der Waals surface area contributed by atoms with Gasteiger partial charge in [0.15, 0.2) is 0 Å². The lowest BCUT2D eigenvalue weighted by Crippen LogP contribution is -2.46. The van der Waals surface area contributed by atoms with E-state index in [4.69, 9.17) is 0 Å². The van der Waals surface area contributed by atoms with Crippen LogP contribution < -0.4 is 0 Å². The average Bonchev–Trinajstić information content (AvgIpc) is 2.18. The second kappa shape index (κ2) is 5.89. The SMILES string of the molecule is CCCCCC1CCN(C(C)(C)C)CC1. The Kier molecular flexibility index (Phi) is 5.11. The maximum absolute atomic E-state index is 2.64. The molecule has 0 aromatic heterocycles. The molecule has 1 heterocycles. The zero-order chi connectivity index (χ0) is 11.3. The standard InChI is InChI=1S/C14H29N/c1-5-6-7-8-13-9-11-15(12-10-13)14(2,3)4/h13H,5-12H2,1-4H3. The predicted molar refractivity (Wildman–Crippen MR) is 68.2 cm³/mol. The van der Waals surface area contributed by atoms with Crippen LogP contribution in [0, 0.1) is 5.92 Å². The third-order valence-electron chi connectivity index (χ3n) is 3.78. The van der Waals surface area contributed by atoms with E-state index in [1.54, 1.807) is 0 Å². The van der Waals surface area contributed by atoms with E-state index < -0.39 is 0 Å². The van der Waals surface area contributed by atoms with Crippen molar-refractivity contribution in [3.05, 3.63) is 0 Å². The predicted octanol–water partition coefficient (Wildman–Crippen LogP) is 4.08. The van der Waals surface area contributed by atoms with Crippen LogP contribution in [0.1, 0.15) is 66.2 Å². The number of hydrogen-bond acceptors (Lipinski definition) is 1. The quantitative estimate of drug-likeness (QED) is 0.633. The fraction of sp³-hybridized carbons (Fsp3) is 1.00. The lowest BCUT2D eigenvalue weighted by Gasteiger charge is -2.41. The summed E-state index contributed by atoms with van der Waals surface area (Å²) in [5.41, 5.74) is 0.383. The number of likely N-dealkylation sites (tertiary alicyclic amines) is 1. The first-order chi connectivity index (χ1) is 7.04. The number of hydrogen-bond donors (Lipinski definition) is 0. The topological polar surface area (TPSA) is 3.24 Å². The van der Waals surface area contributed by atoms with Crippen LogP contribution in [0.4, 0.5) is 0 Å². The molecule has 1 saturated heterocycles. The first kappa shape index (κ1) is 13.0. The first-order valence-corrected chi connectivity index (χ1v) is 6.79. The Morgan fingerprint density at radius 1 is 1.07 bits per heavy atom. The van der Waals surface area contributed by atoms with Crippen LogP contribution in [0.2, 0.25) is 0 Å². The summed E-state index contributed by atoms with van der Waals surface area (Å²) in [5, 5.41) is 0. The van der Waals surface area contributed by atoms with E-state index in [1.807, 2.05) is 0 Å². The molecule has 1 rings (SSSR count). The minimum absolute atomic E-state index is 0.383. The van der Waals surface area contributed by atoms with Gasteiger partial charge < -0.3 is 0 Å². The van der Waals surface area contributed by atoms with E-state index >= 15 is 0 Å². The molecule has 0 spiro atoms. The van der Waals surface area contributed by atoms with Crippen LogP contribution in [-0.4, -0.2) is 23.5 Å². The third-order valence-corrected chi connectivity index (χ3v) is 3.78. The summed E-state index contributed by atoms with van der Waals surface area (Å²) in [4.78, 5) is 2.64. The summed E-state index contributed by atoms with van der Waals surface area (Å²) in [6, 6.07) is 0. The molecule has 1 heteroatoms. The van der Waals surface area contributed by atoms with Crippen molar-refractivity contribution in [2.24, 2.45) is 5.92 Å². The Bertz CT molecular complexity index is 161. The molecule has 1 aliphatic heterocycles. The summed E-state index contributed by atoms with van der Waals surface area (Å²) >= 11 is 0. The zero-order valence-corrected chi connectivity index (χ0v) is 11.2. The van der Waals surface area contributed by atoms with Crippen LogP contribution in [0.3, 0.4) is 0 Å². The fourth-order valence-corrected chi connectivity index (χ4v) is 2.58. The monoisotopic (exact) mass is 211 g/mol. The van der Waals surface area contributed by atoms with Gasteiger partial charge in [0.2, 0.25) is 0 Å². The van der Waals surface area contributed by atoms with E-state index in [0.717, 1.165) is 5.92 Å². The molecule has 1 aliphatic rings. The summed E-state index contributed by atoms with van der Waals surface area (Å²) in [7, 11) is 0. The molecule has 90 valence electrons. The number of unbranched alkanes of at least 4 members (excludes halogenated alkanes) is 2.